The van der Waals surface area contributed by atoms with Crippen LogP contribution in [-0.2, 0) is 5.41 Å². The van der Waals surface area contributed by atoms with Gasteiger partial charge in [0.1, 0.15) is 0 Å². The molecule has 0 radical (unpaired) electrons. The van der Waals surface area contributed by atoms with Crippen molar-refractivity contribution in [3.05, 3.63) is 222 Å². The normalized spacial score (nSPS) is 13.6. The molecule has 2 heterocycles. The predicted molar refractivity (Wildman–Crippen MR) is 235 cm³/mol. The van der Waals surface area contributed by atoms with Crippen LogP contribution in [0.1, 0.15) is 22.3 Å². The Balaban J connectivity index is 0.988. The van der Waals surface area contributed by atoms with Crippen LogP contribution in [0.4, 0.5) is 0 Å². The second kappa shape index (κ2) is 11.7. The molecular weight excluding hydrogens is 707 g/mol. The zero-order chi connectivity index (χ0) is 38.0. The Kier molecular flexibility index (Phi) is 6.37. The van der Waals surface area contributed by atoms with Crippen molar-refractivity contribution in [3.63, 3.8) is 0 Å². The molecule has 3 nitrogen and oxygen atoms in total. The highest BCUT2D eigenvalue weighted by atomic mass is 16.6. The highest BCUT2D eigenvalue weighted by Crippen LogP contribution is 2.65. The van der Waals surface area contributed by atoms with Crippen LogP contribution in [0.15, 0.2) is 200 Å². The molecule has 3 aliphatic rings. The fourth-order valence-corrected chi connectivity index (χ4v) is 10.2. The van der Waals surface area contributed by atoms with Crippen LogP contribution in [0.25, 0.3) is 72.0 Å². The molecule has 10 aromatic rings. The molecular formula is C55H33NO2. The highest BCUT2D eigenvalue weighted by Gasteiger charge is 2.52. The summed E-state index contributed by atoms with van der Waals surface area (Å²) in [5.41, 5.74) is 17.8. The zero-order valence-corrected chi connectivity index (χ0v) is 31.3. The first-order chi connectivity index (χ1) is 28.7. The molecule has 0 N–H and O–H groups in total. The molecule has 0 bridgehead atoms. The third kappa shape index (κ3) is 4.22. The SMILES string of the molecule is c1ccc(-n2c3ccccc3c3cc(-c4cccc(-c5ccc6c(c5)C5(c7ccccc7-c7ccccc75)c5cc7c(cc5-6)Oc5ccccc5O7)c4)ccc32)cc1. The summed E-state index contributed by atoms with van der Waals surface area (Å²) >= 11 is 0. The average molecular weight is 740 g/mol. The average Bonchev–Trinajstić information content (AvgIpc) is 3.89. The minimum absolute atomic E-state index is 0.529. The number of nitrogens with zero attached hydrogens (tertiary/aromatic N) is 1. The van der Waals surface area contributed by atoms with Crippen LogP contribution in [0, 0.1) is 0 Å². The van der Waals surface area contributed by atoms with Crippen LogP contribution in [0.3, 0.4) is 0 Å². The van der Waals surface area contributed by atoms with Crippen LogP contribution < -0.4 is 9.47 Å². The van der Waals surface area contributed by atoms with Crippen LogP contribution >= 0.6 is 0 Å². The van der Waals surface area contributed by atoms with Crippen molar-refractivity contribution in [1.82, 2.24) is 4.57 Å². The van der Waals surface area contributed by atoms with Gasteiger partial charge in [-0.3, -0.25) is 0 Å². The number of para-hydroxylation sites is 4. The molecule has 270 valence electrons. The van der Waals surface area contributed by atoms with Crippen molar-refractivity contribution >= 4 is 21.8 Å². The van der Waals surface area contributed by atoms with Gasteiger partial charge in [-0.15, -0.1) is 0 Å². The lowest BCUT2D eigenvalue weighted by Gasteiger charge is -2.31. The van der Waals surface area contributed by atoms with Crippen molar-refractivity contribution in [3.8, 4) is 73.2 Å². The van der Waals surface area contributed by atoms with Crippen molar-refractivity contribution < 1.29 is 9.47 Å². The molecule has 1 aliphatic heterocycles. The van der Waals surface area contributed by atoms with E-state index in [0.29, 0.717) is 0 Å². The summed E-state index contributed by atoms with van der Waals surface area (Å²) in [5, 5.41) is 2.50. The monoisotopic (exact) mass is 739 g/mol. The first-order valence-electron chi connectivity index (χ1n) is 19.9. The summed E-state index contributed by atoms with van der Waals surface area (Å²) in [6.45, 7) is 0. The van der Waals surface area contributed by atoms with Crippen LogP contribution in [0.5, 0.6) is 23.0 Å². The summed E-state index contributed by atoms with van der Waals surface area (Å²) < 4.78 is 15.5. The Labute approximate surface area is 335 Å². The van der Waals surface area contributed by atoms with Crippen molar-refractivity contribution in [1.29, 1.82) is 0 Å². The molecule has 0 unspecified atom stereocenters. The van der Waals surface area contributed by atoms with Gasteiger partial charge in [0, 0.05) is 16.5 Å². The molecule has 2 aliphatic carbocycles. The number of rotatable bonds is 3. The quantitative estimate of drug-likeness (QED) is 0.180. The molecule has 0 saturated heterocycles. The number of hydrogen-bond acceptors (Lipinski definition) is 2. The maximum absolute atomic E-state index is 6.58. The van der Waals surface area contributed by atoms with Gasteiger partial charge in [0.2, 0.25) is 0 Å². The first-order valence-corrected chi connectivity index (χ1v) is 19.9. The van der Waals surface area contributed by atoms with Gasteiger partial charge in [-0.05, 0) is 133 Å². The summed E-state index contributed by atoms with van der Waals surface area (Å²) in [6, 6.07) is 72.6. The Morgan fingerprint density at radius 1 is 0.310 bits per heavy atom. The van der Waals surface area contributed by atoms with Gasteiger partial charge in [0.15, 0.2) is 23.0 Å². The van der Waals surface area contributed by atoms with Gasteiger partial charge >= 0.3 is 0 Å². The highest BCUT2D eigenvalue weighted by molar-refractivity contribution is 6.10. The smallest absolute Gasteiger partial charge is 0.170 e. The summed E-state index contributed by atoms with van der Waals surface area (Å²) in [5.74, 6) is 2.94. The fraction of sp³-hybridized carbons (Fsp3) is 0.0182. The molecule has 0 atom stereocenters. The lowest BCUT2D eigenvalue weighted by molar-refractivity contribution is 0.359. The van der Waals surface area contributed by atoms with Gasteiger partial charge in [0.05, 0.1) is 16.4 Å². The van der Waals surface area contributed by atoms with E-state index in [4.69, 9.17) is 9.47 Å². The number of benzene rings is 9. The molecule has 0 amide bonds. The van der Waals surface area contributed by atoms with Crippen molar-refractivity contribution in [2.24, 2.45) is 0 Å². The van der Waals surface area contributed by atoms with E-state index >= 15 is 0 Å². The van der Waals surface area contributed by atoms with E-state index < -0.39 is 5.41 Å². The number of hydrogen-bond donors (Lipinski definition) is 0. The lowest BCUT2D eigenvalue weighted by atomic mass is 9.70. The molecule has 0 saturated carbocycles. The topological polar surface area (TPSA) is 23.4 Å². The second-order valence-electron chi connectivity index (χ2n) is 15.6. The predicted octanol–water partition coefficient (Wildman–Crippen LogP) is 14.4. The van der Waals surface area contributed by atoms with Crippen molar-refractivity contribution in [2.45, 2.75) is 5.41 Å². The Morgan fingerprint density at radius 2 is 0.862 bits per heavy atom. The van der Waals surface area contributed by atoms with Gasteiger partial charge in [0.25, 0.3) is 0 Å². The van der Waals surface area contributed by atoms with Crippen molar-refractivity contribution in [2.75, 3.05) is 0 Å². The molecule has 13 rings (SSSR count). The minimum atomic E-state index is -0.529. The standard InChI is InChI=1S/C55H33NO2/c1-2-15-38(16-3-1)56-49-22-9-6-19-42(49)44-30-36(26-28-50(44)56)34-13-12-14-35(29-34)37-25-27-41-43-32-53-54(58-52-24-11-10-23-51(52)57-53)33-48(43)55(47(41)31-37)45-20-7-4-17-39(45)40-18-5-8-21-46(40)55/h1-33H. The molecule has 58 heavy (non-hydrogen) atoms. The van der Waals surface area contributed by atoms with E-state index in [1.807, 2.05) is 24.3 Å². The van der Waals surface area contributed by atoms with Gasteiger partial charge in [-0.1, -0.05) is 133 Å². The van der Waals surface area contributed by atoms with Gasteiger partial charge in [-0.2, -0.15) is 0 Å². The van der Waals surface area contributed by atoms with Gasteiger partial charge in [-0.25, -0.2) is 0 Å². The second-order valence-corrected chi connectivity index (χ2v) is 15.6. The first kappa shape index (κ1) is 31.6. The van der Waals surface area contributed by atoms with E-state index in [1.165, 1.54) is 88.6 Å². The lowest BCUT2D eigenvalue weighted by Crippen LogP contribution is -2.26. The Hall–Kier alpha value is -7.62. The summed E-state index contributed by atoms with van der Waals surface area (Å²) in [6.07, 6.45) is 0. The summed E-state index contributed by atoms with van der Waals surface area (Å²) in [7, 11) is 0. The molecule has 1 aromatic heterocycles. The van der Waals surface area contributed by atoms with E-state index in [-0.39, 0.29) is 0 Å². The zero-order valence-electron chi connectivity index (χ0n) is 31.3. The number of aromatic nitrogens is 1. The van der Waals surface area contributed by atoms with Crippen LogP contribution in [0.2, 0.25) is 0 Å². The Bertz CT molecular complexity index is 3310. The largest absolute Gasteiger partial charge is 0.450 e. The summed E-state index contributed by atoms with van der Waals surface area (Å²) in [4.78, 5) is 0. The maximum atomic E-state index is 6.58. The van der Waals surface area contributed by atoms with E-state index in [0.717, 1.165) is 28.7 Å². The van der Waals surface area contributed by atoms with E-state index in [9.17, 15) is 0 Å². The Morgan fingerprint density at radius 3 is 1.62 bits per heavy atom. The minimum Gasteiger partial charge on any atom is -0.450 e. The van der Waals surface area contributed by atoms with Gasteiger partial charge < -0.3 is 14.0 Å². The third-order valence-corrected chi connectivity index (χ3v) is 12.7. The molecule has 0 fully saturated rings. The molecule has 9 aromatic carbocycles. The van der Waals surface area contributed by atoms with E-state index in [2.05, 4.69) is 180 Å². The fourth-order valence-electron chi connectivity index (χ4n) is 10.2. The molecule has 1 spiro atoms. The number of ether oxygens (including phenoxy) is 2. The number of fused-ring (bicyclic) bond motifs is 15. The third-order valence-electron chi connectivity index (χ3n) is 12.7. The van der Waals surface area contributed by atoms with E-state index in [1.54, 1.807) is 0 Å². The molecule has 3 heteroatoms. The van der Waals surface area contributed by atoms with Crippen LogP contribution in [-0.4, -0.2) is 4.57 Å². The maximum Gasteiger partial charge on any atom is 0.170 e.